The second-order valence-corrected chi connectivity index (χ2v) is 8.83. The van der Waals surface area contributed by atoms with Crippen molar-refractivity contribution < 1.29 is 13.2 Å². The third-order valence-corrected chi connectivity index (χ3v) is 6.24. The maximum atomic E-state index is 12.5. The molecule has 28 heavy (non-hydrogen) atoms. The summed E-state index contributed by atoms with van der Waals surface area (Å²) in [7, 11) is -3.53. The number of anilines is 1. The van der Waals surface area contributed by atoms with Gasteiger partial charge in [0.25, 0.3) is 5.91 Å². The van der Waals surface area contributed by atoms with Crippen LogP contribution in [-0.4, -0.2) is 38.9 Å². The number of amides is 1. The summed E-state index contributed by atoms with van der Waals surface area (Å²) in [4.78, 5) is 15.1. The van der Waals surface area contributed by atoms with Crippen molar-refractivity contribution in [1.82, 2.24) is 9.62 Å². The quantitative estimate of drug-likeness (QED) is 0.712. The standard InChI is InChI=1S/C21H27N3O3S/c1-2-12-22-28(26,27)20-10-8-18(9-11-20)21(25)23-19-7-5-6-17(15-19)16-24-13-3-4-14-24/h5-11,15,22H,2-4,12-14,16H2,1H3,(H,23,25). The van der Waals surface area contributed by atoms with Gasteiger partial charge in [-0.25, -0.2) is 13.1 Å². The smallest absolute Gasteiger partial charge is 0.255 e. The molecule has 2 aromatic rings. The summed E-state index contributed by atoms with van der Waals surface area (Å²) in [6.07, 6.45) is 3.21. The zero-order chi connectivity index (χ0) is 20.0. The van der Waals surface area contributed by atoms with Crippen molar-refractivity contribution in [3.8, 4) is 0 Å². The Morgan fingerprint density at radius 1 is 1.07 bits per heavy atom. The Morgan fingerprint density at radius 2 is 1.79 bits per heavy atom. The molecule has 0 bridgehead atoms. The lowest BCUT2D eigenvalue weighted by Gasteiger charge is -2.15. The van der Waals surface area contributed by atoms with E-state index in [1.54, 1.807) is 0 Å². The molecule has 0 saturated carbocycles. The summed E-state index contributed by atoms with van der Waals surface area (Å²) in [5, 5.41) is 2.89. The molecule has 1 heterocycles. The Morgan fingerprint density at radius 3 is 2.46 bits per heavy atom. The van der Waals surface area contributed by atoms with Crippen LogP contribution in [0, 0.1) is 0 Å². The van der Waals surface area contributed by atoms with Gasteiger partial charge in [-0.2, -0.15) is 0 Å². The normalized spacial score (nSPS) is 14.9. The SMILES string of the molecule is CCCNS(=O)(=O)c1ccc(C(=O)Nc2cccc(CN3CCCC3)c2)cc1. The molecule has 0 atom stereocenters. The van der Waals surface area contributed by atoms with Crippen LogP contribution in [0.2, 0.25) is 0 Å². The molecule has 1 aliphatic rings. The molecule has 3 rings (SSSR count). The molecule has 0 unspecified atom stereocenters. The van der Waals surface area contributed by atoms with E-state index in [9.17, 15) is 13.2 Å². The summed E-state index contributed by atoms with van der Waals surface area (Å²) in [6, 6.07) is 13.8. The zero-order valence-corrected chi connectivity index (χ0v) is 17.0. The number of hydrogen-bond acceptors (Lipinski definition) is 4. The maximum Gasteiger partial charge on any atom is 0.255 e. The van der Waals surface area contributed by atoms with E-state index in [4.69, 9.17) is 0 Å². The van der Waals surface area contributed by atoms with Gasteiger partial charge >= 0.3 is 0 Å². The van der Waals surface area contributed by atoms with Gasteiger partial charge in [-0.15, -0.1) is 0 Å². The molecule has 1 saturated heterocycles. The molecule has 0 spiro atoms. The monoisotopic (exact) mass is 401 g/mol. The van der Waals surface area contributed by atoms with Crippen molar-refractivity contribution in [2.24, 2.45) is 0 Å². The number of likely N-dealkylation sites (tertiary alicyclic amines) is 1. The lowest BCUT2D eigenvalue weighted by atomic mass is 10.1. The highest BCUT2D eigenvalue weighted by molar-refractivity contribution is 7.89. The van der Waals surface area contributed by atoms with Gasteiger partial charge < -0.3 is 5.32 Å². The molecule has 1 fully saturated rings. The van der Waals surface area contributed by atoms with Crippen LogP contribution in [0.3, 0.4) is 0 Å². The van der Waals surface area contributed by atoms with Crippen LogP contribution in [0.4, 0.5) is 5.69 Å². The molecule has 0 radical (unpaired) electrons. The van der Waals surface area contributed by atoms with Crippen molar-refractivity contribution in [1.29, 1.82) is 0 Å². The predicted molar refractivity (Wildman–Crippen MR) is 111 cm³/mol. The first-order chi connectivity index (χ1) is 13.5. The lowest BCUT2D eigenvalue weighted by Crippen LogP contribution is -2.24. The molecule has 0 aromatic heterocycles. The van der Waals surface area contributed by atoms with Crippen LogP contribution in [0.25, 0.3) is 0 Å². The molecule has 2 N–H and O–H groups in total. The average Bonchev–Trinajstić information content (AvgIpc) is 3.20. The second kappa shape index (κ2) is 9.32. The molecule has 2 aromatic carbocycles. The van der Waals surface area contributed by atoms with E-state index in [0.717, 1.165) is 31.7 Å². The van der Waals surface area contributed by atoms with E-state index in [2.05, 4.69) is 21.0 Å². The predicted octanol–water partition coefficient (Wildman–Crippen LogP) is 3.22. The second-order valence-electron chi connectivity index (χ2n) is 7.06. The average molecular weight is 402 g/mol. The Hall–Kier alpha value is -2.22. The number of benzene rings is 2. The van der Waals surface area contributed by atoms with Crippen LogP contribution in [0.1, 0.15) is 42.1 Å². The van der Waals surface area contributed by atoms with Gasteiger partial charge in [0.05, 0.1) is 4.90 Å². The Kier molecular flexibility index (Phi) is 6.83. The lowest BCUT2D eigenvalue weighted by molar-refractivity contribution is 0.102. The fourth-order valence-electron chi connectivity index (χ4n) is 3.25. The van der Waals surface area contributed by atoms with Gasteiger partial charge in [0.15, 0.2) is 0 Å². The van der Waals surface area contributed by atoms with Gasteiger partial charge in [0.2, 0.25) is 10.0 Å². The van der Waals surface area contributed by atoms with Crippen molar-refractivity contribution in [2.75, 3.05) is 25.0 Å². The van der Waals surface area contributed by atoms with Gasteiger partial charge in [-0.3, -0.25) is 9.69 Å². The molecule has 150 valence electrons. The summed E-state index contributed by atoms with van der Waals surface area (Å²) >= 11 is 0. The third-order valence-electron chi connectivity index (χ3n) is 4.76. The van der Waals surface area contributed by atoms with Crippen LogP contribution >= 0.6 is 0 Å². The fourth-order valence-corrected chi connectivity index (χ4v) is 4.39. The van der Waals surface area contributed by atoms with E-state index in [0.29, 0.717) is 12.1 Å². The first kappa shape index (κ1) is 20.5. The molecular formula is C21H27N3O3S. The molecule has 7 heteroatoms. The number of nitrogens with one attached hydrogen (secondary N) is 2. The molecule has 6 nitrogen and oxygen atoms in total. The van der Waals surface area contributed by atoms with Gasteiger partial charge in [-0.05, 0) is 74.3 Å². The Labute approximate surface area is 167 Å². The largest absolute Gasteiger partial charge is 0.322 e. The number of rotatable bonds is 8. The van der Waals surface area contributed by atoms with E-state index in [-0.39, 0.29) is 10.8 Å². The van der Waals surface area contributed by atoms with E-state index in [1.165, 1.54) is 42.7 Å². The van der Waals surface area contributed by atoms with E-state index < -0.39 is 10.0 Å². The van der Waals surface area contributed by atoms with Crippen LogP contribution < -0.4 is 10.0 Å². The first-order valence-corrected chi connectivity index (χ1v) is 11.2. The fraction of sp³-hybridized carbons (Fsp3) is 0.381. The van der Waals surface area contributed by atoms with Crippen molar-refractivity contribution in [2.45, 2.75) is 37.6 Å². The number of hydrogen-bond donors (Lipinski definition) is 2. The molecule has 1 amide bonds. The highest BCUT2D eigenvalue weighted by Crippen LogP contribution is 2.17. The minimum atomic E-state index is -3.53. The Balaban J connectivity index is 1.64. The molecular weight excluding hydrogens is 374 g/mol. The highest BCUT2D eigenvalue weighted by atomic mass is 32.2. The Bertz CT molecular complexity index is 905. The summed E-state index contributed by atoms with van der Waals surface area (Å²) in [6.45, 7) is 5.42. The minimum absolute atomic E-state index is 0.158. The maximum absolute atomic E-state index is 12.5. The molecule has 1 aliphatic heterocycles. The van der Waals surface area contributed by atoms with Crippen molar-refractivity contribution >= 4 is 21.6 Å². The first-order valence-electron chi connectivity index (χ1n) is 9.70. The van der Waals surface area contributed by atoms with Crippen molar-refractivity contribution in [3.63, 3.8) is 0 Å². The van der Waals surface area contributed by atoms with Gasteiger partial charge in [0, 0.05) is 24.3 Å². The topological polar surface area (TPSA) is 78.5 Å². The van der Waals surface area contributed by atoms with Gasteiger partial charge in [0.1, 0.15) is 0 Å². The van der Waals surface area contributed by atoms with Crippen LogP contribution in [-0.2, 0) is 16.6 Å². The number of nitrogens with zero attached hydrogens (tertiary/aromatic N) is 1. The van der Waals surface area contributed by atoms with Gasteiger partial charge in [-0.1, -0.05) is 19.1 Å². The van der Waals surface area contributed by atoms with E-state index >= 15 is 0 Å². The number of sulfonamides is 1. The minimum Gasteiger partial charge on any atom is -0.322 e. The summed E-state index contributed by atoms with van der Waals surface area (Å²) in [5.41, 5.74) is 2.32. The van der Waals surface area contributed by atoms with E-state index in [1.807, 2.05) is 25.1 Å². The summed E-state index contributed by atoms with van der Waals surface area (Å²) in [5.74, 6) is -0.260. The highest BCUT2D eigenvalue weighted by Gasteiger charge is 2.15. The summed E-state index contributed by atoms with van der Waals surface area (Å²) < 4.78 is 26.8. The van der Waals surface area contributed by atoms with Crippen LogP contribution in [0.5, 0.6) is 0 Å². The third kappa shape index (κ3) is 5.41. The molecule has 0 aliphatic carbocycles. The zero-order valence-electron chi connectivity index (χ0n) is 16.1. The number of carbonyl (C=O) groups excluding carboxylic acids is 1. The van der Waals surface area contributed by atoms with Crippen molar-refractivity contribution in [3.05, 3.63) is 59.7 Å². The van der Waals surface area contributed by atoms with Crippen LogP contribution in [0.15, 0.2) is 53.4 Å². The number of carbonyl (C=O) groups is 1.